The van der Waals surface area contributed by atoms with Crippen LogP contribution in [0, 0.1) is 0 Å². The smallest absolute Gasteiger partial charge is 0.221 e. The monoisotopic (exact) mass is 348 g/mol. The van der Waals surface area contributed by atoms with Gasteiger partial charge in [0, 0.05) is 7.11 Å². The van der Waals surface area contributed by atoms with Gasteiger partial charge in [0.25, 0.3) is 0 Å². The van der Waals surface area contributed by atoms with Crippen molar-refractivity contribution in [3.05, 3.63) is 23.3 Å². The highest BCUT2D eigenvalue weighted by Gasteiger charge is 2.81. The van der Waals surface area contributed by atoms with Gasteiger partial charge in [-0.25, -0.2) is 0 Å². The quantitative estimate of drug-likeness (QED) is 0.524. The molecule has 0 aromatic rings. The van der Waals surface area contributed by atoms with Gasteiger partial charge in [0.05, 0.1) is 18.3 Å². The zero-order valence-electron chi connectivity index (χ0n) is 16.3. The molecule has 3 aliphatic heterocycles. The molecule has 0 saturated carbocycles. The van der Waals surface area contributed by atoms with Gasteiger partial charge in [0.2, 0.25) is 5.79 Å². The summed E-state index contributed by atoms with van der Waals surface area (Å²) in [5.41, 5.74) is 2.20. The van der Waals surface area contributed by atoms with Gasteiger partial charge in [0.1, 0.15) is 5.60 Å². The van der Waals surface area contributed by atoms with Crippen LogP contribution in [0.3, 0.4) is 0 Å². The summed E-state index contributed by atoms with van der Waals surface area (Å²) in [7, 11) is 1.74. The molecule has 4 rings (SSSR count). The Morgan fingerprint density at radius 3 is 2.64 bits per heavy atom. The largest absolute Gasteiger partial charge is 0.366 e. The minimum atomic E-state index is -0.760. The third-order valence-corrected chi connectivity index (χ3v) is 6.92. The van der Waals surface area contributed by atoms with E-state index in [0.717, 1.165) is 38.5 Å². The van der Waals surface area contributed by atoms with E-state index in [0.29, 0.717) is 12.7 Å². The maximum atomic E-state index is 6.28. The molecule has 3 saturated heterocycles. The Labute approximate surface area is 151 Å². The fraction of sp³-hybridized carbons (Fsp3) is 0.810. The van der Waals surface area contributed by atoms with Crippen LogP contribution >= 0.6 is 0 Å². The summed E-state index contributed by atoms with van der Waals surface area (Å²) in [6.07, 6.45) is 11.1. The molecule has 4 nitrogen and oxygen atoms in total. The first-order valence-electron chi connectivity index (χ1n) is 9.69. The molecule has 4 heteroatoms. The van der Waals surface area contributed by atoms with Gasteiger partial charge < -0.3 is 18.9 Å². The Morgan fingerprint density at radius 2 is 1.92 bits per heavy atom. The number of epoxide rings is 2. The van der Waals surface area contributed by atoms with E-state index in [1.165, 1.54) is 11.1 Å². The van der Waals surface area contributed by atoms with Crippen LogP contribution in [0.25, 0.3) is 0 Å². The van der Waals surface area contributed by atoms with Crippen LogP contribution in [0.1, 0.15) is 66.2 Å². The number of hydrogen-bond acceptors (Lipinski definition) is 4. The summed E-state index contributed by atoms with van der Waals surface area (Å²) in [6, 6.07) is 0. The summed E-state index contributed by atoms with van der Waals surface area (Å²) in [6.45, 7) is 9.40. The minimum absolute atomic E-state index is 0.0728. The highest BCUT2D eigenvalue weighted by molar-refractivity contribution is 5.32. The van der Waals surface area contributed by atoms with Crippen molar-refractivity contribution in [2.45, 2.75) is 94.9 Å². The second-order valence-corrected chi connectivity index (χ2v) is 8.86. The van der Waals surface area contributed by atoms with E-state index in [1.807, 2.05) is 0 Å². The van der Waals surface area contributed by atoms with Gasteiger partial charge in [-0.3, -0.25) is 0 Å². The number of rotatable bonds is 1. The van der Waals surface area contributed by atoms with Crippen molar-refractivity contribution >= 4 is 0 Å². The molecule has 0 radical (unpaired) electrons. The van der Waals surface area contributed by atoms with E-state index < -0.39 is 5.79 Å². The Bertz CT molecular complexity index is 625. The SMILES string of the molecule is COC12C=C(C)CCC3OC3(C)CCC=C(C)CCC13OC3(C)CO2. The lowest BCUT2D eigenvalue weighted by molar-refractivity contribution is -0.219. The van der Waals surface area contributed by atoms with E-state index >= 15 is 0 Å². The Morgan fingerprint density at radius 1 is 1.12 bits per heavy atom. The summed E-state index contributed by atoms with van der Waals surface area (Å²) in [5, 5.41) is 0. The molecule has 0 aromatic carbocycles. The molecule has 3 heterocycles. The van der Waals surface area contributed by atoms with Gasteiger partial charge in [-0.05, 0) is 72.3 Å². The Balaban J connectivity index is 1.63. The Kier molecular flexibility index (Phi) is 4.01. The molecule has 4 aliphatic rings. The van der Waals surface area contributed by atoms with Gasteiger partial charge in [-0.2, -0.15) is 0 Å². The summed E-state index contributed by atoms with van der Waals surface area (Å²) in [4.78, 5) is 0. The van der Waals surface area contributed by atoms with Crippen LogP contribution in [-0.2, 0) is 18.9 Å². The lowest BCUT2D eigenvalue weighted by atomic mass is 9.82. The van der Waals surface area contributed by atoms with Crippen molar-refractivity contribution in [1.29, 1.82) is 0 Å². The van der Waals surface area contributed by atoms with Gasteiger partial charge in [-0.15, -0.1) is 0 Å². The van der Waals surface area contributed by atoms with Crippen LogP contribution in [-0.4, -0.2) is 42.4 Å². The maximum Gasteiger partial charge on any atom is 0.221 e. The number of methoxy groups -OCH3 is 1. The standard InChI is InChI=1S/C21H32O4/c1-15-7-6-11-18(3)17(24-18)9-8-16(2)13-21(22-5)20(12-10-15)19(4,25-20)14-23-21/h7,13,17H,6,8-12,14H2,1-5H3. The van der Waals surface area contributed by atoms with Crippen LogP contribution < -0.4 is 0 Å². The topological polar surface area (TPSA) is 43.5 Å². The van der Waals surface area contributed by atoms with Crippen molar-refractivity contribution in [3.8, 4) is 0 Å². The zero-order valence-corrected chi connectivity index (χ0v) is 16.3. The number of ether oxygens (including phenoxy) is 4. The van der Waals surface area contributed by atoms with E-state index in [4.69, 9.17) is 18.9 Å². The molecule has 140 valence electrons. The molecule has 0 N–H and O–H groups in total. The van der Waals surface area contributed by atoms with Crippen LogP contribution in [0.15, 0.2) is 23.3 Å². The fourth-order valence-corrected chi connectivity index (χ4v) is 4.95. The van der Waals surface area contributed by atoms with Gasteiger partial charge >= 0.3 is 0 Å². The molecule has 1 spiro atoms. The molecule has 3 fully saturated rings. The van der Waals surface area contributed by atoms with Crippen molar-refractivity contribution in [2.75, 3.05) is 13.7 Å². The van der Waals surface area contributed by atoms with Crippen molar-refractivity contribution in [2.24, 2.45) is 0 Å². The first-order chi connectivity index (χ1) is 11.8. The predicted octanol–water partition coefficient (Wildman–Crippen LogP) is 4.29. The summed E-state index contributed by atoms with van der Waals surface area (Å²) in [5.74, 6) is -0.760. The second kappa shape index (κ2) is 5.66. The number of fused-ring (bicyclic) bond motifs is 1. The van der Waals surface area contributed by atoms with Crippen molar-refractivity contribution < 1.29 is 18.9 Å². The van der Waals surface area contributed by atoms with Crippen LogP contribution in [0.2, 0.25) is 0 Å². The van der Waals surface area contributed by atoms with Gasteiger partial charge in [-0.1, -0.05) is 17.2 Å². The minimum Gasteiger partial charge on any atom is -0.366 e. The fourth-order valence-electron chi connectivity index (χ4n) is 4.95. The molecule has 0 bridgehead atoms. The van der Waals surface area contributed by atoms with Crippen molar-refractivity contribution in [1.82, 2.24) is 0 Å². The molecule has 1 aliphatic carbocycles. The molecular weight excluding hydrogens is 316 g/mol. The average molecular weight is 348 g/mol. The van der Waals surface area contributed by atoms with E-state index in [2.05, 4.69) is 39.8 Å². The first-order valence-corrected chi connectivity index (χ1v) is 9.69. The lowest BCUT2D eigenvalue weighted by Gasteiger charge is -2.32. The molecule has 0 aromatic heterocycles. The molecule has 5 atom stereocenters. The number of allylic oxidation sites excluding steroid dienone is 3. The number of hydrogen-bond donors (Lipinski definition) is 0. The second-order valence-electron chi connectivity index (χ2n) is 8.86. The maximum absolute atomic E-state index is 6.28. The average Bonchev–Trinajstić information content (AvgIpc) is 3.38. The highest BCUT2D eigenvalue weighted by atomic mass is 16.8. The third kappa shape index (κ3) is 2.64. The molecule has 5 unspecified atom stereocenters. The first kappa shape index (κ1) is 17.7. The molecular formula is C21H32O4. The Hall–Kier alpha value is -0.680. The lowest BCUT2D eigenvalue weighted by Crippen LogP contribution is -2.46. The zero-order chi connectivity index (χ0) is 17.9. The van der Waals surface area contributed by atoms with Crippen LogP contribution in [0.5, 0.6) is 0 Å². The van der Waals surface area contributed by atoms with Crippen LogP contribution in [0.4, 0.5) is 0 Å². The third-order valence-electron chi connectivity index (χ3n) is 6.92. The molecule has 0 amide bonds. The predicted molar refractivity (Wildman–Crippen MR) is 96.4 cm³/mol. The highest BCUT2D eigenvalue weighted by Crippen LogP contribution is 2.64. The van der Waals surface area contributed by atoms with Gasteiger partial charge in [0.15, 0.2) is 5.60 Å². The van der Waals surface area contributed by atoms with E-state index in [1.54, 1.807) is 7.11 Å². The van der Waals surface area contributed by atoms with E-state index in [-0.39, 0.29) is 16.8 Å². The summed E-state index contributed by atoms with van der Waals surface area (Å²) >= 11 is 0. The molecule has 25 heavy (non-hydrogen) atoms. The normalized spacial score (nSPS) is 49.9. The van der Waals surface area contributed by atoms with Crippen molar-refractivity contribution in [3.63, 3.8) is 0 Å². The summed E-state index contributed by atoms with van der Waals surface area (Å²) < 4.78 is 24.4. The van der Waals surface area contributed by atoms with E-state index in [9.17, 15) is 0 Å².